The highest BCUT2D eigenvalue weighted by Crippen LogP contribution is 2.21. The largest absolute Gasteiger partial charge is 0.415 e. The molecule has 7 heteroatoms. The van der Waals surface area contributed by atoms with Crippen LogP contribution in [0.5, 0.6) is 0 Å². The number of hydrogen-bond acceptors (Lipinski definition) is 4. The highest BCUT2D eigenvalue weighted by Gasteiger charge is 2.39. The van der Waals surface area contributed by atoms with Gasteiger partial charge in [0.05, 0.1) is 0 Å². The van der Waals surface area contributed by atoms with E-state index >= 15 is 0 Å². The summed E-state index contributed by atoms with van der Waals surface area (Å²) in [7, 11) is 0. The van der Waals surface area contributed by atoms with Gasteiger partial charge in [-0.3, -0.25) is 9.80 Å². The lowest BCUT2D eigenvalue weighted by Crippen LogP contribution is -2.62. The van der Waals surface area contributed by atoms with Gasteiger partial charge in [0, 0.05) is 51.9 Å². The third-order valence-corrected chi connectivity index (χ3v) is 3.49. The zero-order valence-corrected chi connectivity index (χ0v) is 9.58. The highest BCUT2D eigenvalue weighted by molar-refractivity contribution is 4.88. The number of aliphatic hydroxyl groups is 1. The van der Waals surface area contributed by atoms with E-state index in [1.807, 2.05) is 0 Å². The van der Waals surface area contributed by atoms with Crippen LogP contribution in [0.25, 0.3) is 0 Å². The second-order valence-corrected chi connectivity index (χ2v) is 4.71. The van der Waals surface area contributed by atoms with Crippen LogP contribution in [-0.2, 0) is 0 Å². The zero-order chi connectivity index (χ0) is 12.5. The second-order valence-electron chi connectivity index (χ2n) is 4.71. The predicted octanol–water partition coefficient (Wildman–Crippen LogP) is -0.501. The molecule has 0 aromatic carbocycles. The average molecular weight is 253 g/mol. The number of aliphatic hydroxyl groups excluding tert-OH is 1. The van der Waals surface area contributed by atoms with E-state index in [0.29, 0.717) is 19.1 Å². The normalized spacial score (nSPS) is 26.8. The minimum atomic E-state index is -4.50. The van der Waals surface area contributed by atoms with Crippen molar-refractivity contribution < 1.29 is 18.3 Å². The summed E-state index contributed by atoms with van der Waals surface area (Å²) in [6, 6.07) is 0.546. The van der Waals surface area contributed by atoms with E-state index in [2.05, 4.69) is 10.2 Å². The predicted molar refractivity (Wildman–Crippen MR) is 56.7 cm³/mol. The number of hydrogen-bond donors (Lipinski definition) is 2. The van der Waals surface area contributed by atoms with Crippen LogP contribution in [0.2, 0.25) is 0 Å². The van der Waals surface area contributed by atoms with Crippen LogP contribution in [-0.4, -0.2) is 79.0 Å². The molecule has 0 spiro atoms. The fourth-order valence-electron chi connectivity index (χ4n) is 2.19. The van der Waals surface area contributed by atoms with E-state index in [1.165, 1.54) is 0 Å². The molecule has 1 unspecified atom stereocenters. The van der Waals surface area contributed by atoms with Gasteiger partial charge in [0.2, 0.25) is 0 Å². The first-order valence-electron chi connectivity index (χ1n) is 5.89. The van der Waals surface area contributed by atoms with Crippen LogP contribution in [0.4, 0.5) is 13.2 Å². The molecular formula is C10H18F3N3O. The van der Waals surface area contributed by atoms with Crippen LogP contribution in [0.15, 0.2) is 0 Å². The number of β-amino-alcohol motifs (C(OH)–C–C–N with tert-alkyl or cyclic N) is 1. The summed E-state index contributed by atoms with van der Waals surface area (Å²) in [6.07, 6.45) is -6.73. The maximum atomic E-state index is 12.2. The molecule has 0 aromatic heterocycles. The Kier molecular flexibility index (Phi) is 3.92. The first-order chi connectivity index (χ1) is 7.97. The Bertz CT molecular complexity index is 250. The minimum absolute atomic E-state index is 0.305. The van der Waals surface area contributed by atoms with E-state index in [-0.39, 0.29) is 6.54 Å². The molecule has 0 aliphatic carbocycles. The number of rotatable bonds is 3. The van der Waals surface area contributed by atoms with Crippen molar-refractivity contribution in [3.63, 3.8) is 0 Å². The Hall–Kier alpha value is -0.370. The van der Waals surface area contributed by atoms with Crippen molar-refractivity contribution in [2.45, 2.75) is 18.3 Å². The monoisotopic (exact) mass is 253 g/mol. The van der Waals surface area contributed by atoms with E-state index in [1.54, 1.807) is 4.90 Å². The molecule has 4 nitrogen and oxygen atoms in total. The van der Waals surface area contributed by atoms with Crippen molar-refractivity contribution in [1.29, 1.82) is 0 Å². The lowest BCUT2D eigenvalue weighted by molar-refractivity contribution is -0.209. The first kappa shape index (κ1) is 13.1. The quantitative estimate of drug-likeness (QED) is 0.711. The van der Waals surface area contributed by atoms with Crippen molar-refractivity contribution in [1.82, 2.24) is 15.1 Å². The molecule has 0 aromatic rings. The molecule has 2 aliphatic rings. The molecule has 0 bridgehead atoms. The van der Waals surface area contributed by atoms with Crippen molar-refractivity contribution >= 4 is 0 Å². The van der Waals surface area contributed by atoms with Crippen molar-refractivity contribution in [2.24, 2.45) is 0 Å². The Labute approximate surface area is 98.4 Å². The average Bonchev–Trinajstić information content (AvgIpc) is 2.16. The van der Waals surface area contributed by atoms with Gasteiger partial charge in [0.25, 0.3) is 0 Å². The lowest BCUT2D eigenvalue weighted by atomic mass is 10.1. The van der Waals surface area contributed by atoms with E-state index in [0.717, 1.165) is 26.2 Å². The fourth-order valence-corrected chi connectivity index (χ4v) is 2.19. The van der Waals surface area contributed by atoms with Crippen LogP contribution in [0.1, 0.15) is 0 Å². The maximum Gasteiger partial charge on any atom is 0.415 e. The Morgan fingerprint density at radius 2 is 1.76 bits per heavy atom. The zero-order valence-electron chi connectivity index (χ0n) is 9.58. The van der Waals surface area contributed by atoms with Crippen LogP contribution in [0.3, 0.4) is 0 Å². The van der Waals surface area contributed by atoms with Crippen LogP contribution < -0.4 is 5.32 Å². The topological polar surface area (TPSA) is 38.7 Å². The molecule has 2 aliphatic heterocycles. The SMILES string of the molecule is OC(CN1CCN(C2CNC2)CC1)C(F)(F)F. The van der Waals surface area contributed by atoms with Crippen molar-refractivity contribution in [3.05, 3.63) is 0 Å². The fraction of sp³-hybridized carbons (Fsp3) is 1.00. The number of alkyl halides is 3. The van der Waals surface area contributed by atoms with Gasteiger partial charge in [-0.1, -0.05) is 0 Å². The minimum Gasteiger partial charge on any atom is -0.382 e. The van der Waals surface area contributed by atoms with Gasteiger partial charge in [-0.25, -0.2) is 0 Å². The Balaban J connectivity index is 1.71. The molecule has 2 heterocycles. The van der Waals surface area contributed by atoms with Gasteiger partial charge >= 0.3 is 6.18 Å². The van der Waals surface area contributed by atoms with E-state index in [9.17, 15) is 13.2 Å². The summed E-state index contributed by atoms with van der Waals surface area (Å²) in [6.45, 7) is 4.43. The number of nitrogens with one attached hydrogen (secondary N) is 1. The summed E-state index contributed by atoms with van der Waals surface area (Å²) >= 11 is 0. The summed E-state index contributed by atoms with van der Waals surface area (Å²) < 4.78 is 36.5. The summed E-state index contributed by atoms with van der Waals surface area (Å²) in [5.41, 5.74) is 0. The molecule has 0 saturated carbocycles. The lowest BCUT2D eigenvalue weighted by Gasteiger charge is -2.43. The van der Waals surface area contributed by atoms with E-state index < -0.39 is 12.3 Å². The standard InChI is InChI=1S/C10H18F3N3O/c11-10(12,13)9(17)7-15-1-3-16(4-2-15)8-5-14-6-8/h8-9,14,17H,1-7H2. The van der Waals surface area contributed by atoms with Gasteiger partial charge in [-0.15, -0.1) is 0 Å². The highest BCUT2D eigenvalue weighted by atomic mass is 19.4. The molecular weight excluding hydrogens is 235 g/mol. The summed E-state index contributed by atoms with van der Waals surface area (Å²) in [5, 5.41) is 12.2. The number of nitrogens with zero attached hydrogens (tertiary/aromatic N) is 2. The van der Waals surface area contributed by atoms with Gasteiger partial charge < -0.3 is 10.4 Å². The van der Waals surface area contributed by atoms with E-state index in [4.69, 9.17) is 5.11 Å². The molecule has 100 valence electrons. The molecule has 2 saturated heterocycles. The van der Waals surface area contributed by atoms with Crippen molar-refractivity contribution in [2.75, 3.05) is 45.8 Å². The molecule has 2 fully saturated rings. The van der Waals surface area contributed by atoms with Crippen LogP contribution in [0, 0.1) is 0 Å². The smallest absolute Gasteiger partial charge is 0.382 e. The van der Waals surface area contributed by atoms with Gasteiger partial charge in [0.1, 0.15) is 0 Å². The molecule has 1 atom stereocenters. The maximum absolute atomic E-state index is 12.2. The van der Waals surface area contributed by atoms with Gasteiger partial charge in [-0.2, -0.15) is 13.2 Å². The van der Waals surface area contributed by atoms with Gasteiger partial charge in [-0.05, 0) is 0 Å². The number of piperazine rings is 1. The second kappa shape index (κ2) is 5.09. The van der Waals surface area contributed by atoms with Gasteiger partial charge in [0.15, 0.2) is 6.10 Å². The molecule has 0 radical (unpaired) electrons. The van der Waals surface area contributed by atoms with Crippen molar-refractivity contribution in [3.8, 4) is 0 Å². The molecule has 2 rings (SSSR count). The molecule has 2 N–H and O–H groups in total. The third kappa shape index (κ3) is 3.31. The molecule has 0 amide bonds. The Morgan fingerprint density at radius 3 is 2.18 bits per heavy atom. The third-order valence-electron chi connectivity index (χ3n) is 3.49. The summed E-state index contributed by atoms with van der Waals surface area (Å²) in [5.74, 6) is 0. The number of halogens is 3. The Morgan fingerprint density at radius 1 is 1.18 bits per heavy atom. The first-order valence-corrected chi connectivity index (χ1v) is 5.89. The molecule has 17 heavy (non-hydrogen) atoms. The summed E-state index contributed by atoms with van der Waals surface area (Å²) in [4.78, 5) is 3.98. The van der Waals surface area contributed by atoms with Crippen LogP contribution >= 0.6 is 0 Å².